The molecule has 0 atom stereocenters. The molecule has 4 rings (SSSR count). The smallest absolute Gasteiger partial charge is 0.243 e. The van der Waals surface area contributed by atoms with Gasteiger partial charge in [-0.1, -0.05) is 24.3 Å². The summed E-state index contributed by atoms with van der Waals surface area (Å²) < 4.78 is 64.9. The maximum absolute atomic E-state index is 12.9. The van der Waals surface area contributed by atoms with Crippen molar-refractivity contribution in [2.45, 2.75) is 30.4 Å². The van der Waals surface area contributed by atoms with Crippen molar-refractivity contribution < 1.29 is 31.1 Å². The Morgan fingerprint density at radius 1 is 0.947 bits per heavy atom. The second kappa shape index (κ2) is 12.6. The van der Waals surface area contributed by atoms with Crippen molar-refractivity contribution in [3.63, 3.8) is 0 Å². The highest BCUT2D eigenvalue weighted by Crippen LogP contribution is 2.23. The lowest BCUT2D eigenvalue weighted by molar-refractivity contribution is -0.126. The number of rotatable bonds is 10. The van der Waals surface area contributed by atoms with Crippen LogP contribution < -0.4 is 10.1 Å². The van der Waals surface area contributed by atoms with Crippen LogP contribution in [0.5, 0.6) is 5.75 Å². The fourth-order valence-corrected chi connectivity index (χ4v) is 7.66. The Hall–Kier alpha value is -2.51. The lowest BCUT2D eigenvalue weighted by Crippen LogP contribution is -2.44. The maximum Gasteiger partial charge on any atom is 0.243 e. The summed E-state index contributed by atoms with van der Waals surface area (Å²) in [6.45, 7) is 4.51. The average molecular weight is 566 g/mol. The molecule has 0 unspecified atom stereocenters. The first kappa shape index (κ1) is 28.5. The van der Waals surface area contributed by atoms with Gasteiger partial charge in [-0.3, -0.25) is 4.79 Å². The molecule has 1 N–H and O–H groups in total. The molecule has 12 heteroatoms. The van der Waals surface area contributed by atoms with E-state index in [9.17, 15) is 21.6 Å². The number of aryl methyl sites for hydroxylation is 1. The predicted molar refractivity (Wildman–Crippen MR) is 143 cm³/mol. The van der Waals surface area contributed by atoms with Gasteiger partial charge in [0.1, 0.15) is 12.4 Å². The summed E-state index contributed by atoms with van der Waals surface area (Å²) in [5, 5.41) is 2.86. The molecule has 2 aliphatic rings. The number of nitrogens with zero attached hydrogens (tertiary/aromatic N) is 2. The van der Waals surface area contributed by atoms with Crippen molar-refractivity contribution in [1.82, 2.24) is 13.9 Å². The third kappa shape index (κ3) is 7.11. The summed E-state index contributed by atoms with van der Waals surface area (Å²) in [4.78, 5) is 12.8. The Bertz CT molecular complexity index is 1300. The first-order chi connectivity index (χ1) is 18.2. The number of morpholine rings is 1. The van der Waals surface area contributed by atoms with Gasteiger partial charge in [0.2, 0.25) is 26.0 Å². The van der Waals surface area contributed by atoms with Gasteiger partial charge in [0.15, 0.2) is 0 Å². The summed E-state index contributed by atoms with van der Waals surface area (Å²) in [5.41, 5.74) is 1.74. The quantitative estimate of drug-likeness (QED) is 0.436. The molecule has 0 aromatic heterocycles. The van der Waals surface area contributed by atoms with Crippen LogP contribution in [0.15, 0.2) is 53.4 Å². The third-order valence-corrected chi connectivity index (χ3v) is 10.7. The van der Waals surface area contributed by atoms with E-state index >= 15 is 0 Å². The van der Waals surface area contributed by atoms with Crippen molar-refractivity contribution in [2.24, 2.45) is 5.92 Å². The van der Waals surface area contributed by atoms with Crippen molar-refractivity contribution in [3.8, 4) is 5.75 Å². The molecule has 1 amide bonds. The molecule has 0 radical (unpaired) electrons. The molecule has 208 valence electrons. The molecular formula is C26H35N3O7S2. The SMILES string of the molecule is Cc1ccccc1CS(=O)(=O)N1CCC(C(=O)NCCOc2ccc(S(=O)(=O)N3CCOCC3)cc2)CC1. The fourth-order valence-electron chi connectivity index (χ4n) is 4.59. The van der Waals surface area contributed by atoms with E-state index in [0.29, 0.717) is 64.5 Å². The summed E-state index contributed by atoms with van der Waals surface area (Å²) >= 11 is 0. The van der Waals surface area contributed by atoms with Crippen LogP contribution in [0.4, 0.5) is 0 Å². The highest BCUT2D eigenvalue weighted by molar-refractivity contribution is 7.89. The molecule has 0 saturated carbocycles. The molecule has 2 heterocycles. The van der Waals surface area contributed by atoms with Crippen LogP contribution in [0.2, 0.25) is 0 Å². The van der Waals surface area contributed by atoms with Crippen LogP contribution >= 0.6 is 0 Å². The zero-order chi connectivity index (χ0) is 27.2. The molecule has 0 aliphatic carbocycles. The maximum atomic E-state index is 12.9. The van der Waals surface area contributed by atoms with E-state index in [4.69, 9.17) is 9.47 Å². The van der Waals surface area contributed by atoms with Crippen LogP contribution in [-0.2, 0) is 35.3 Å². The Balaban J connectivity index is 1.18. The Morgan fingerprint density at radius 2 is 1.61 bits per heavy atom. The monoisotopic (exact) mass is 565 g/mol. The summed E-state index contributed by atoms with van der Waals surface area (Å²) in [5.74, 6) is 0.113. The van der Waals surface area contributed by atoms with Gasteiger partial charge in [0.05, 0.1) is 30.4 Å². The Labute approximate surface area is 225 Å². The van der Waals surface area contributed by atoms with E-state index in [-0.39, 0.29) is 29.1 Å². The van der Waals surface area contributed by atoms with Gasteiger partial charge in [0, 0.05) is 32.1 Å². The number of hydrogen-bond acceptors (Lipinski definition) is 7. The number of benzene rings is 2. The first-order valence-electron chi connectivity index (χ1n) is 12.8. The molecule has 2 aliphatic heterocycles. The highest BCUT2D eigenvalue weighted by Gasteiger charge is 2.31. The minimum absolute atomic E-state index is 0.0337. The van der Waals surface area contributed by atoms with Crippen LogP contribution in [0.25, 0.3) is 0 Å². The standard InChI is InChI=1S/C26H35N3O7S2/c1-21-4-2-3-5-23(21)20-37(31,32)28-13-10-22(11-14-28)26(30)27-12-17-36-24-6-8-25(9-7-24)38(33,34)29-15-18-35-19-16-29/h2-9,22H,10-20H2,1H3,(H,27,30). The number of piperidine rings is 1. The van der Waals surface area contributed by atoms with Gasteiger partial charge in [0.25, 0.3) is 0 Å². The number of hydrogen-bond donors (Lipinski definition) is 1. The molecule has 38 heavy (non-hydrogen) atoms. The molecule has 10 nitrogen and oxygen atoms in total. The molecule has 2 aromatic carbocycles. The van der Waals surface area contributed by atoms with E-state index in [1.54, 1.807) is 12.1 Å². The van der Waals surface area contributed by atoms with Crippen LogP contribution in [0.1, 0.15) is 24.0 Å². The van der Waals surface area contributed by atoms with Gasteiger partial charge >= 0.3 is 0 Å². The zero-order valence-electron chi connectivity index (χ0n) is 21.5. The number of carbonyl (C=O) groups excluding carboxylic acids is 1. The van der Waals surface area contributed by atoms with Gasteiger partial charge in [-0.2, -0.15) is 4.31 Å². The van der Waals surface area contributed by atoms with E-state index < -0.39 is 20.0 Å². The lowest BCUT2D eigenvalue weighted by atomic mass is 9.97. The van der Waals surface area contributed by atoms with E-state index in [1.807, 2.05) is 31.2 Å². The van der Waals surface area contributed by atoms with E-state index in [1.165, 1.54) is 20.7 Å². The molecule has 2 saturated heterocycles. The predicted octanol–water partition coefficient (Wildman–Crippen LogP) is 1.75. The Morgan fingerprint density at radius 3 is 2.26 bits per heavy atom. The minimum Gasteiger partial charge on any atom is -0.492 e. The second-order valence-corrected chi connectivity index (χ2v) is 13.4. The van der Waals surface area contributed by atoms with E-state index in [2.05, 4.69) is 5.32 Å². The number of nitrogens with one attached hydrogen (secondary N) is 1. The molecule has 2 fully saturated rings. The highest BCUT2D eigenvalue weighted by atomic mass is 32.2. The average Bonchev–Trinajstić information content (AvgIpc) is 2.93. The number of sulfonamides is 2. The van der Waals surface area contributed by atoms with Gasteiger partial charge < -0.3 is 14.8 Å². The second-order valence-electron chi connectivity index (χ2n) is 9.48. The number of carbonyl (C=O) groups is 1. The van der Waals surface area contributed by atoms with Crippen molar-refractivity contribution >= 4 is 26.0 Å². The van der Waals surface area contributed by atoms with Gasteiger partial charge in [-0.25, -0.2) is 21.1 Å². The van der Waals surface area contributed by atoms with Crippen LogP contribution in [0.3, 0.4) is 0 Å². The fraction of sp³-hybridized carbons (Fsp3) is 0.500. The normalized spacial score (nSPS) is 18.2. The van der Waals surface area contributed by atoms with Gasteiger partial charge in [-0.15, -0.1) is 0 Å². The topological polar surface area (TPSA) is 122 Å². The molecular weight excluding hydrogens is 530 g/mol. The van der Waals surface area contributed by atoms with Crippen molar-refractivity contribution in [3.05, 3.63) is 59.7 Å². The number of ether oxygens (including phenoxy) is 2. The van der Waals surface area contributed by atoms with E-state index in [0.717, 1.165) is 11.1 Å². The molecule has 2 aromatic rings. The summed E-state index contributed by atoms with van der Waals surface area (Å²) in [7, 11) is -7.00. The summed E-state index contributed by atoms with van der Waals surface area (Å²) in [6.07, 6.45) is 0.942. The van der Waals surface area contributed by atoms with Crippen LogP contribution in [0, 0.1) is 12.8 Å². The lowest BCUT2D eigenvalue weighted by Gasteiger charge is -2.30. The minimum atomic E-state index is -3.56. The van der Waals surface area contributed by atoms with Crippen molar-refractivity contribution in [2.75, 3.05) is 52.5 Å². The molecule has 0 spiro atoms. The largest absolute Gasteiger partial charge is 0.492 e. The first-order valence-corrected chi connectivity index (χ1v) is 15.8. The van der Waals surface area contributed by atoms with Gasteiger partial charge in [-0.05, 0) is 55.2 Å². The molecule has 0 bridgehead atoms. The van der Waals surface area contributed by atoms with Crippen LogP contribution in [-0.4, -0.2) is 83.9 Å². The number of amides is 1. The van der Waals surface area contributed by atoms with Crippen molar-refractivity contribution in [1.29, 1.82) is 0 Å². The zero-order valence-corrected chi connectivity index (χ0v) is 23.2. The summed E-state index contributed by atoms with van der Waals surface area (Å²) in [6, 6.07) is 13.7. The Kier molecular flexibility index (Phi) is 9.42. The third-order valence-electron chi connectivity index (χ3n) is 6.92.